The van der Waals surface area contributed by atoms with Gasteiger partial charge in [-0.3, -0.25) is 9.59 Å². The minimum atomic E-state index is -0.304. The average Bonchev–Trinajstić information content (AvgIpc) is 3.02. The van der Waals surface area contributed by atoms with Crippen molar-refractivity contribution >= 4 is 18.0 Å². The first-order valence-corrected chi connectivity index (χ1v) is 7.32. The van der Waals surface area contributed by atoms with Gasteiger partial charge in [0, 0.05) is 32.9 Å². The molecule has 0 radical (unpaired) electrons. The number of hydrogen-bond donors (Lipinski definition) is 0. The molecule has 0 saturated carbocycles. The van der Waals surface area contributed by atoms with Crippen LogP contribution in [0.4, 0.5) is 0 Å². The topological polar surface area (TPSA) is 69.0 Å². The van der Waals surface area contributed by atoms with E-state index in [0.29, 0.717) is 38.5 Å². The number of hydrogen-bond acceptors (Lipinski definition) is 5. The van der Waals surface area contributed by atoms with E-state index in [1.807, 2.05) is 0 Å². The summed E-state index contributed by atoms with van der Waals surface area (Å²) >= 11 is 0. The number of furan rings is 1. The molecule has 6 heteroatoms. The molecule has 22 heavy (non-hydrogen) atoms. The van der Waals surface area contributed by atoms with E-state index in [-0.39, 0.29) is 18.3 Å². The van der Waals surface area contributed by atoms with E-state index in [1.165, 1.54) is 6.08 Å². The molecule has 1 amide bonds. The fraction of sp³-hybridized carbons (Fsp3) is 0.500. The van der Waals surface area contributed by atoms with Crippen molar-refractivity contribution in [3.8, 4) is 0 Å². The van der Waals surface area contributed by atoms with Gasteiger partial charge in [0.15, 0.2) is 0 Å². The van der Waals surface area contributed by atoms with Crippen molar-refractivity contribution in [2.24, 2.45) is 0 Å². The number of esters is 1. The second-order valence-electron chi connectivity index (χ2n) is 4.58. The van der Waals surface area contributed by atoms with Crippen LogP contribution in [-0.2, 0) is 19.1 Å². The molecular formula is C16H23NO5. The van der Waals surface area contributed by atoms with Crippen LogP contribution in [0.1, 0.15) is 25.5 Å². The fourth-order valence-electron chi connectivity index (χ4n) is 1.84. The molecule has 0 aliphatic heterocycles. The van der Waals surface area contributed by atoms with Crippen LogP contribution in [0, 0.1) is 0 Å². The highest BCUT2D eigenvalue weighted by Gasteiger charge is 2.13. The van der Waals surface area contributed by atoms with Crippen LogP contribution in [-0.4, -0.2) is 50.2 Å². The number of methoxy groups -OCH3 is 1. The molecule has 1 aromatic heterocycles. The lowest BCUT2D eigenvalue weighted by atomic mass is 10.3. The Labute approximate surface area is 130 Å². The molecule has 0 bridgehead atoms. The lowest BCUT2D eigenvalue weighted by Crippen LogP contribution is -2.33. The minimum absolute atomic E-state index is 0.170. The molecule has 0 N–H and O–H groups in total. The number of ether oxygens (including phenoxy) is 2. The Morgan fingerprint density at radius 1 is 1.36 bits per heavy atom. The molecule has 0 atom stereocenters. The van der Waals surface area contributed by atoms with Gasteiger partial charge in [0.2, 0.25) is 5.91 Å². The Hall–Kier alpha value is -2.08. The van der Waals surface area contributed by atoms with Gasteiger partial charge in [0.1, 0.15) is 5.76 Å². The van der Waals surface area contributed by atoms with Crippen LogP contribution < -0.4 is 0 Å². The van der Waals surface area contributed by atoms with Crippen molar-refractivity contribution in [1.29, 1.82) is 0 Å². The summed E-state index contributed by atoms with van der Waals surface area (Å²) < 4.78 is 15.0. The molecular weight excluding hydrogens is 286 g/mol. The monoisotopic (exact) mass is 309 g/mol. The lowest BCUT2D eigenvalue weighted by molar-refractivity contribution is -0.143. The second-order valence-corrected chi connectivity index (χ2v) is 4.58. The predicted molar refractivity (Wildman–Crippen MR) is 82.1 cm³/mol. The van der Waals surface area contributed by atoms with Crippen LogP contribution >= 0.6 is 0 Å². The standard InChI is InChI=1S/C16H23NO5/c1-3-21-16(19)9-11-17(10-5-12-20-2)15(18)8-7-14-6-4-13-22-14/h4,6-8,13H,3,5,9-12H2,1-2H3/b8-7+. The molecule has 0 spiro atoms. The lowest BCUT2D eigenvalue weighted by Gasteiger charge is -2.20. The first kappa shape index (κ1) is 18.0. The van der Waals surface area contributed by atoms with Crippen molar-refractivity contribution in [2.45, 2.75) is 19.8 Å². The molecule has 1 heterocycles. The highest BCUT2D eigenvalue weighted by Crippen LogP contribution is 2.05. The van der Waals surface area contributed by atoms with Gasteiger partial charge in [-0.2, -0.15) is 0 Å². The fourth-order valence-corrected chi connectivity index (χ4v) is 1.84. The van der Waals surface area contributed by atoms with Gasteiger partial charge < -0.3 is 18.8 Å². The van der Waals surface area contributed by atoms with Gasteiger partial charge >= 0.3 is 5.97 Å². The number of nitrogens with zero attached hydrogens (tertiary/aromatic N) is 1. The predicted octanol–water partition coefficient (Wildman–Crippen LogP) is 2.11. The first-order chi connectivity index (χ1) is 10.7. The third kappa shape index (κ3) is 7.08. The maximum absolute atomic E-state index is 12.2. The summed E-state index contributed by atoms with van der Waals surface area (Å²) in [6, 6.07) is 3.51. The van der Waals surface area contributed by atoms with Crippen molar-refractivity contribution in [3.63, 3.8) is 0 Å². The van der Waals surface area contributed by atoms with E-state index in [0.717, 1.165) is 0 Å². The van der Waals surface area contributed by atoms with Crippen molar-refractivity contribution in [3.05, 3.63) is 30.2 Å². The zero-order chi connectivity index (χ0) is 16.2. The minimum Gasteiger partial charge on any atom is -0.466 e. The van der Waals surface area contributed by atoms with E-state index in [9.17, 15) is 9.59 Å². The maximum atomic E-state index is 12.2. The van der Waals surface area contributed by atoms with Gasteiger partial charge in [0.05, 0.1) is 19.3 Å². The van der Waals surface area contributed by atoms with Crippen LogP contribution in [0.5, 0.6) is 0 Å². The molecule has 0 aliphatic rings. The molecule has 1 aromatic rings. The summed E-state index contributed by atoms with van der Waals surface area (Å²) in [5, 5.41) is 0. The number of rotatable bonds is 10. The van der Waals surface area contributed by atoms with Crippen LogP contribution in [0.15, 0.2) is 28.9 Å². The van der Waals surface area contributed by atoms with Gasteiger partial charge in [-0.1, -0.05) is 0 Å². The molecule has 1 rings (SSSR count). The average molecular weight is 309 g/mol. The molecule has 0 aromatic carbocycles. The highest BCUT2D eigenvalue weighted by molar-refractivity contribution is 5.91. The van der Waals surface area contributed by atoms with Gasteiger partial charge in [-0.25, -0.2) is 0 Å². The highest BCUT2D eigenvalue weighted by atomic mass is 16.5. The Bertz CT molecular complexity index is 467. The van der Waals surface area contributed by atoms with E-state index in [2.05, 4.69) is 0 Å². The zero-order valence-electron chi connectivity index (χ0n) is 13.1. The number of carbonyl (C=O) groups excluding carboxylic acids is 2. The van der Waals surface area contributed by atoms with Crippen molar-refractivity contribution < 1.29 is 23.5 Å². The Morgan fingerprint density at radius 3 is 2.82 bits per heavy atom. The summed E-state index contributed by atoms with van der Waals surface area (Å²) in [4.78, 5) is 25.2. The van der Waals surface area contributed by atoms with Gasteiger partial charge in [0.25, 0.3) is 0 Å². The molecule has 6 nitrogen and oxygen atoms in total. The SMILES string of the molecule is CCOC(=O)CCN(CCCOC)C(=O)/C=C/c1ccco1. The van der Waals surface area contributed by atoms with Crippen LogP contribution in [0.2, 0.25) is 0 Å². The van der Waals surface area contributed by atoms with Crippen LogP contribution in [0.3, 0.4) is 0 Å². The second kappa shape index (κ2) is 10.6. The van der Waals surface area contributed by atoms with E-state index < -0.39 is 0 Å². The molecule has 0 aliphatic carbocycles. The largest absolute Gasteiger partial charge is 0.466 e. The van der Waals surface area contributed by atoms with E-state index in [1.54, 1.807) is 43.4 Å². The van der Waals surface area contributed by atoms with E-state index in [4.69, 9.17) is 13.9 Å². The molecule has 0 saturated heterocycles. The Kier molecular flexibility index (Phi) is 8.67. The summed E-state index contributed by atoms with van der Waals surface area (Å²) in [7, 11) is 1.61. The quantitative estimate of drug-likeness (QED) is 0.376. The first-order valence-electron chi connectivity index (χ1n) is 7.32. The zero-order valence-corrected chi connectivity index (χ0v) is 13.1. The van der Waals surface area contributed by atoms with Gasteiger partial charge in [-0.15, -0.1) is 0 Å². The van der Waals surface area contributed by atoms with E-state index >= 15 is 0 Å². The van der Waals surface area contributed by atoms with Crippen LogP contribution in [0.25, 0.3) is 6.08 Å². The molecule has 0 unspecified atom stereocenters. The molecule has 122 valence electrons. The summed E-state index contributed by atoms with van der Waals surface area (Å²) in [5.41, 5.74) is 0. The maximum Gasteiger partial charge on any atom is 0.307 e. The summed E-state index contributed by atoms with van der Waals surface area (Å²) in [6.45, 7) is 3.50. The Morgan fingerprint density at radius 2 is 2.18 bits per heavy atom. The van der Waals surface area contributed by atoms with Crippen molar-refractivity contribution in [1.82, 2.24) is 4.90 Å². The van der Waals surface area contributed by atoms with Crippen molar-refractivity contribution in [2.75, 3.05) is 33.4 Å². The third-order valence-electron chi connectivity index (χ3n) is 2.91. The molecule has 0 fully saturated rings. The normalized spacial score (nSPS) is 10.8. The number of carbonyl (C=O) groups is 2. The Balaban J connectivity index is 2.54. The van der Waals surface area contributed by atoms with Gasteiger partial charge in [-0.05, 0) is 31.6 Å². The smallest absolute Gasteiger partial charge is 0.307 e. The number of amides is 1. The summed E-state index contributed by atoms with van der Waals surface area (Å²) in [5.74, 6) is 0.134. The summed E-state index contributed by atoms with van der Waals surface area (Å²) in [6.07, 6.45) is 5.48. The third-order valence-corrected chi connectivity index (χ3v) is 2.91.